The van der Waals surface area contributed by atoms with Gasteiger partial charge in [-0.3, -0.25) is 10.6 Å². The van der Waals surface area contributed by atoms with Gasteiger partial charge in [0, 0.05) is 0 Å². The predicted octanol–water partition coefficient (Wildman–Crippen LogP) is 4.44. The number of nitrogens with one attached hydrogen (secondary N) is 2. The Morgan fingerprint density at radius 3 is 1.71 bits per heavy atom. The van der Waals surface area contributed by atoms with E-state index in [4.69, 9.17) is 19.3 Å². The van der Waals surface area contributed by atoms with Gasteiger partial charge in [-0.15, -0.1) is 0 Å². The molecule has 2 aromatic carbocycles. The standard InChI is InChI=1S/C25H31N3O7/c1-24(2,3)34-22(31)27-21(28-23(32)35-25(4,5)6)26-18-11-9-17(10-12-18)20(30)33-19-13-7-16(15-29)8-14-19/h7-14,29H,15H2,1-6H3,(H2,26,27,28,31,32). The molecule has 0 heterocycles. The fourth-order valence-corrected chi connectivity index (χ4v) is 2.52. The highest BCUT2D eigenvalue weighted by Gasteiger charge is 2.21. The number of hydrogen-bond donors (Lipinski definition) is 3. The Bertz CT molecular complexity index is 1030. The molecule has 0 saturated carbocycles. The number of amides is 2. The number of esters is 1. The molecule has 0 fully saturated rings. The van der Waals surface area contributed by atoms with Crippen LogP contribution in [-0.4, -0.2) is 40.4 Å². The van der Waals surface area contributed by atoms with Crippen molar-refractivity contribution in [3.05, 3.63) is 59.7 Å². The molecule has 3 N–H and O–H groups in total. The van der Waals surface area contributed by atoms with E-state index in [-0.39, 0.29) is 18.1 Å². The average molecular weight is 486 g/mol. The van der Waals surface area contributed by atoms with E-state index in [1.54, 1.807) is 65.8 Å². The number of benzene rings is 2. The molecular formula is C25H31N3O7. The third-order valence-corrected chi connectivity index (χ3v) is 3.90. The summed E-state index contributed by atoms with van der Waals surface area (Å²) in [4.78, 5) is 41.0. The zero-order valence-corrected chi connectivity index (χ0v) is 20.7. The molecule has 0 unspecified atom stereocenters. The van der Waals surface area contributed by atoms with Crippen molar-refractivity contribution in [2.45, 2.75) is 59.4 Å². The maximum absolute atomic E-state index is 12.4. The van der Waals surface area contributed by atoms with Gasteiger partial charge in [-0.2, -0.15) is 0 Å². The van der Waals surface area contributed by atoms with Gasteiger partial charge in [-0.05, 0) is 83.5 Å². The molecule has 188 valence electrons. The number of alkyl carbamates (subject to hydrolysis) is 2. The highest BCUT2D eigenvalue weighted by molar-refractivity contribution is 6.02. The van der Waals surface area contributed by atoms with Gasteiger partial charge in [0.25, 0.3) is 0 Å². The van der Waals surface area contributed by atoms with Crippen LogP contribution in [-0.2, 0) is 16.1 Å². The normalized spacial score (nSPS) is 11.2. The second-order valence-corrected chi connectivity index (χ2v) is 9.45. The first-order chi connectivity index (χ1) is 16.2. The van der Waals surface area contributed by atoms with Crippen LogP contribution in [0.5, 0.6) is 5.75 Å². The van der Waals surface area contributed by atoms with E-state index in [1.165, 1.54) is 24.3 Å². The van der Waals surface area contributed by atoms with Crippen LogP contribution in [0.1, 0.15) is 57.5 Å². The predicted molar refractivity (Wildman–Crippen MR) is 130 cm³/mol. The van der Waals surface area contributed by atoms with Crippen LogP contribution in [0, 0.1) is 0 Å². The molecule has 0 atom stereocenters. The van der Waals surface area contributed by atoms with Crippen molar-refractivity contribution in [2.75, 3.05) is 0 Å². The summed E-state index contributed by atoms with van der Waals surface area (Å²) in [6.07, 6.45) is -1.64. The summed E-state index contributed by atoms with van der Waals surface area (Å²) in [6.45, 7) is 10.1. The summed E-state index contributed by atoms with van der Waals surface area (Å²) >= 11 is 0. The maximum Gasteiger partial charge on any atom is 0.414 e. The van der Waals surface area contributed by atoms with Gasteiger partial charge in [-0.1, -0.05) is 12.1 Å². The van der Waals surface area contributed by atoms with Crippen molar-refractivity contribution in [2.24, 2.45) is 4.99 Å². The van der Waals surface area contributed by atoms with Gasteiger partial charge in [-0.25, -0.2) is 19.4 Å². The first-order valence-electron chi connectivity index (χ1n) is 10.8. The molecular weight excluding hydrogens is 454 g/mol. The van der Waals surface area contributed by atoms with Crippen LogP contribution < -0.4 is 15.4 Å². The quantitative estimate of drug-likeness (QED) is 0.252. The third-order valence-electron chi connectivity index (χ3n) is 3.90. The van der Waals surface area contributed by atoms with Crippen molar-refractivity contribution in [1.29, 1.82) is 0 Å². The summed E-state index contributed by atoms with van der Waals surface area (Å²) < 4.78 is 15.7. The number of rotatable bonds is 4. The zero-order chi connectivity index (χ0) is 26.2. The van der Waals surface area contributed by atoms with Gasteiger partial charge < -0.3 is 19.3 Å². The molecule has 0 aliphatic rings. The first kappa shape index (κ1) is 27.3. The molecule has 0 bridgehead atoms. The van der Waals surface area contributed by atoms with Gasteiger partial charge in [0.1, 0.15) is 17.0 Å². The minimum absolute atomic E-state index is 0.107. The largest absolute Gasteiger partial charge is 0.444 e. The average Bonchev–Trinajstić information content (AvgIpc) is 2.72. The van der Waals surface area contributed by atoms with E-state index in [9.17, 15) is 14.4 Å². The molecule has 0 aliphatic carbocycles. The number of aliphatic imine (C=N–C) groups is 1. The minimum atomic E-state index is -0.820. The lowest BCUT2D eigenvalue weighted by Crippen LogP contribution is -2.47. The lowest BCUT2D eigenvalue weighted by molar-refractivity contribution is 0.0544. The van der Waals surface area contributed by atoms with Crippen molar-refractivity contribution < 1.29 is 33.7 Å². The van der Waals surface area contributed by atoms with Crippen molar-refractivity contribution in [3.8, 4) is 5.75 Å². The molecule has 10 nitrogen and oxygen atoms in total. The van der Waals surface area contributed by atoms with Crippen molar-refractivity contribution in [1.82, 2.24) is 10.6 Å². The second kappa shape index (κ2) is 11.5. The van der Waals surface area contributed by atoms with E-state index in [0.29, 0.717) is 17.0 Å². The molecule has 0 saturated heterocycles. The number of carbonyl (C=O) groups is 3. The second-order valence-electron chi connectivity index (χ2n) is 9.45. The maximum atomic E-state index is 12.4. The van der Waals surface area contributed by atoms with Gasteiger partial charge in [0.15, 0.2) is 0 Å². The van der Waals surface area contributed by atoms with Crippen molar-refractivity contribution >= 4 is 29.8 Å². The van der Waals surface area contributed by atoms with E-state index in [0.717, 1.165) is 0 Å². The third kappa shape index (κ3) is 10.3. The molecule has 35 heavy (non-hydrogen) atoms. The smallest absolute Gasteiger partial charge is 0.414 e. The first-order valence-corrected chi connectivity index (χ1v) is 10.8. The van der Waals surface area contributed by atoms with Crippen LogP contribution in [0.15, 0.2) is 53.5 Å². The Morgan fingerprint density at radius 1 is 0.800 bits per heavy atom. The summed E-state index contributed by atoms with van der Waals surface area (Å²) in [5, 5.41) is 13.9. The summed E-state index contributed by atoms with van der Waals surface area (Å²) in [5.41, 5.74) is -0.237. The van der Waals surface area contributed by atoms with Crippen LogP contribution in [0.3, 0.4) is 0 Å². The summed E-state index contributed by atoms with van der Waals surface area (Å²) in [5.74, 6) is -0.469. The van der Waals surface area contributed by atoms with E-state index >= 15 is 0 Å². The lowest BCUT2D eigenvalue weighted by atomic mass is 10.2. The van der Waals surface area contributed by atoms with Gasteiger partial charge in [0.05, 0.1) is 17.9 Å². The summed E-state index contributed by atoms with van der Waals surface area (Å²) in [7, 11) is 0. The molecule has 0 radical (unpaired) electrons. The lowest BCUT2D eigenvalue weighted by Gasteiger charge is -2.22. The van der Waals surface area contributed by atoms with Crippen LogP contribution >= 0.6 is 0 Å². The Labute approximate surface area is 204 Å². The van der Waals surface area contributed by atoms with E-state index in [2.05, 4.69) is 15.6 Å². The molecule has 0 aliphatic heterocycles. The fourth-order valence-electron chi connectivity index (χ4n) is 2.52. The van der Waals surface area contributed by atoms with E-state index in [1.807, 2.05) is 0 Å². The monoisotopic (exact) mass is 485 g/mol. The minimum Gasteiger partial charge on any atom is -0.444 e. The molecule has 0 aromatic heterocycles. The molecule has 2 rings (SSSR count). The number of guanidine groups is 1. The number of hydrogen-bond acceptors (Lipinski definition) is 8. The number of ether oxygens (including phenoxy) is 3. The van der Waals surface area contributed by atoms with Gasteiger partial charge >= 0.3 is 18.2 Å². The SMILES string of the molecule is CC(C)(C)OC(=O)NC(=Nc1ccc(C(=O)Oc2ccc(CO)cc2)cc1)NC(=O)OC(C)(C)C. The Morgan fingerprint density at radius 2 is 1.29 bits per heavy atom. The van der Waals surface area contributed by atoms with Crippen LogP contribution in [0.2, 0.25) is 0 Å². The van der Waals surface area contributed by atoms with E-state index < -0.39 is 29.4 Å². The molecule has 10 heteroatoms. The Hall–Kier alpha value is -3.92. The topological polar surface area (TPSA) is 136 Å². The highest BCUT2D eigenvalue weighted by Crippen LogP contribution is 2.17. The Kier molecular flexibility index (Phi) is 8.96. The molecule has 0 spiro atoms. The highest BCUT2D eigenvalue weighted by atomic mass is 16.6. The Balaban J connectivity index is 2.16. The van der Waals surface area contributed by atoms with Crippen LogP contribution in [0.4, 0.5) is 15.3 Å². The molecule has 2 amide bonds. The number of aliphatic hydroxyl groups excluding tert-OH is 1. The number of carbonyl (C=O) groups excluding carboxylic acids is 3. The van der Waals surface area contributed by atoms with Crippen LogP contribution in [0.25, 0.3) is 0 Å². The number of aliphatic hydroxyl groups is 1. The fraction of sp³-hybridized carbons (Fsp3) is 0.360. The van der Waals surface area contributed by atoms with Gasteiger partial charge in [0.2, 0.25) is 5.96 Å². The summed E-state index contributed by atoms with van der Waals surface area (Å²) in [6, 6.07) is 12.5. The molecule has 2 aromatic rings. The number of nitrogens with zero attached hydrogens (tertiary/aromatic N) is 1. The van der Waals surface area contributed by atoms with Crippen molar-refractivity contribution in [3.63, 3.8) is 0 Å². The zero-order valence-electron chi connectivity index (χ0n) is 20.7.